The van der Waals surface area contributed by atoms with E-state index >= 15 is 0 Å². The molecule has 0 saturated carbocycles. The Hall–Kier alpha value is -1.46. The van der Waals surface area contributed by atoms with Crippen molar-refractivity contribution in [3.63, 3.8) is 0 Å². The quantitative estimate of drug-likeness (QED) is 0.627. The van der Waals surface area contributed by atoms with Gasteiger partial charge >= 0.3 is 0 Å². The van der Waals surface area contributed by atoms with Crippen molar-refractivity contribution in [2.45, 2.75) is 46.5 Å². The highest BCUT2D eigenvalue weighted by Gasteiger charge is 2.48. The summed E-state index contributed by atoms with van der Waals surface area (Å²) in [4.78, 5) is 10.9. The Morgan fingerprint density at radius 2 is 1.90 bits per heavy atom. The van der Waals surface area contributed by atoms with Crippen molar-refractivity contribution in [1.29, 1.82) is 0 Å². The summed E-state index contributed by atoms with van der Waals surface area (Å²) in [7, 11) is 0. The Bertz CT molecular complexity index is 541. The van der Waals surface area contributed by atoms with E-state index in [2.05, 4.69) is 27.7 Å². The first-order valence-corrected chi connectivity index (χ1v) is 7.23. The maximum atomic E-state index is 11.2. The number of rotatable bonds is 3. The standard InChI is InChI=1S/C16H23NO4/c1-11(2)14-15(3,4)10-20-16(5,21-14)12-8-6-7-9-13(12)17(18)19/h6-9,11,14H,10H2,1-5H3. The number of hydrogen-bond acceptors (Lipinski definition) is 4. The minimum Gasteiger partial charge on any atom is -0.345 e. The molecule has 1 aliphatic heterocycles. The third-order valence-corrected chi connectivity index (χ3v) is 4.04. The molecule has 0 bridgehead atoms. The van der Waals surface area contributed by atoms with Crippen molar-refractivity contribution in [2.75, 3.05) is 6.61 Å². The highest BCUT2D eigenvalue weighted by Crippen LogP contribution is 2.45. The van der Waals surface area contributed by atoms with Crippen molar-refractivity contribution in [3.8, 4) is 0 Å². The van der Waals surface area contributed by atoms with Crippen LogP contribution in [-0.2, 0) is 15.3 Å². The second-order valence-corrected chi connectivity index (χ2v) is 6.78. The van der Waals surface area contributed by atoms with Crippen molar-refractivity contribution >= 4 is 5.69 Å². The number of hydrogen-bond donors (Lipinski definition) is 0. The SMILES string of the molecule is CC(C)C1OC(C)(c2ccccc2[N+](=O)[O-])OCC1(C)C. The molecule has 1 aliphatic rings. The third-order valence-electron chi connectivity index (χ3n) is 4.04. The summed E-state index contributed by atoms with van der Waals surface area (Å²) in [5.41, 5.74) is 0.371. The number of para-hydroxylation sites is 1. The molecule has 1 aromatic carbocycles. The lowest BCUT2D eigenvalue weighted by molar-refractivity contribution is -0.393. The van der Waals surface area contributed by atoms with E-state index in [9.17, 15) is 10.1 Å². The molecular formula is C16H23NO4. The third kappa shape index (κ3) is 2.94. The molecule has 1 fully saturated rings. The molecule has 1 saturated heterocycles. The van der Waals surface area contributed by atoms with Gasteiger partial charge in [0, 0.05) is 11.5 Å². The minimum atomic E-state index is -1.09. The summed E-state index contributed by atoms with van der Waals surface area (Å²) in [5, 5.41) is 11.2. The van der Waals surface area contributed by atoms with E-state index in [4.69, 9.17) is 9.47 Å². The molecule has 21 heavy (non-hydrogen) atoms. The van der Waals surface area contributed by atoms with Gasteiger partial charge in [-0.05, 0) is 18.9 Å². The monoisotopic (exact) mass is 293 g/mol. The summed E-state index contributed by atoms with van der Waals surface area (Å²) in [5.74, 6) is -0.792. The average Bonchev–Trinajstić information content (AvgIpc) is 2.41. The van der Waals surface area contributed by atoms with Gasteiger partial charge in [-0.15, -0.1) is 0 Å². The van der Waals surface area contributed by atoms with Crippen LogP contribution in [0.1, 0.15) is 40.2 Å². The second kappa shape index (κ2) is 5.39. The van der Waals surface area contributed by atoms with Gasteiger partial charge in [-0.2, -0.15) is 0 Å². The summed E-state index contributed by atoms with van der Waals surface area (Å²) in [6.07, 6.45) is -0.0314. The lowest BCUT2D eigenvalue weighted by atomic mass is 9.79. The lowest BCUT2D eigenvalue weighted by Crippen LogP contribution is -2.52. The van der Waals surface area contributed by atoms with E-state index in [0.29, 0.717) is 18.1 Å². The van der Waals surface area contributed by atoms with Gasteiger partial charge in [-0.3, -0.25) is 10.1 Å². The molecule has 0 amide bonds. The van der Waals surface area contributed by atoms with Crippen LogP contribution >= 0.6 is 0 Å². The molecule has 5 heteroatoms. The first-order valence-electron chi connectivity index (χ1n) is 7.23. The van der Waals surface area contributed by atoms with Crippen LogP contribution in [0.3, 0.4) is 0 Å². The molecule has 0 N–H and O–H groups in total. The summed E-state index contributed by atoms with van der Waals surface area (Å²) >= 11 is 0. The second-order valence-electron chi connectivity index (χ2n) is 6.78. The molecule has 116 valence electrons. The molecule has 0 aromatic heterocycles. The Balaban J connectivity index is 2.42. The smallest absolute Gasteiger partial charge is 0.277 e. The van der Waals surface area contributed by atoms with Gasteiger partial charge in [0.2, 0.25) is 0 Å². The van der Waals surface area contributed by atoms with Crippen LogP contribution in [0.25, 0.3) is 0 Å². The molecule has 2 rings (SSSR count). The normalized spacial score (nSPS) is 28.6. The van der Waals surface area contributed by atoms with Crippen LogP contribution in [0.15, 0.2) is 24.3 Å². The van der Waals surface area contributed by atoms with E-state index in [-0.39, 0.29) is 17.2 Å². The van der Waals surface area contributed by atoms with Crippen LogP contribution in [0, 0.1) is 21.4 Å². The average molecular weight is 293 g/mol. The molecule has 2 atom stereocenters. The van der Waals surface area contributed by atoms with Crippen molar-refractivity contribution in [2.24, 2.45) is 11.3 Å². The molecular weight excluding hydrogens is 270 g/mol. The number of nitro benzene ring substituents is 1. The fraction of sp³-hybridized carbons (Fsp3) is 0.625. The fourth-order valence-electron chi connectivity index (χ4n) is 3.04. The zero-order valence-corrected chi connectivity index (χ0v) is 13.3. The van der Waals surface area contributed by atoms with Gasteiger partial charge in [0.1, 0.15) is 0 Å². The maximum Gasteiger partial charge on any atom is 0.277 e. The van der Waals surface area contributed by atoms with Crippen LogP contribution in [0.5, 0.6) is 0 Å². The largest absolute Gasteiger partial charge is 0.345 e. The Labute approximate surface area is 125 Å². The minimum absolute atomic E-state index is 0.0298. The van der Waals surface area contributed by atoms with Gasteiger partial charge in [0.05, 0.1) is 23.2 Å². The number of nitro groups is 1. The molecule has 1 heterocycles. The number of benzene rings is 1. The van der Waals surface area contributed by atoms with Crippen molar-refractivity contribution < 1.29 is 14.4 Å². The zero-order valence-electron chi connectivity index (χ0n) is 13.3. The van der Waals surface area contributed by atoms with Crippen LogP contribution in [0.2, 0.25) is 0 Å². The lowest BCUT2D eigenvalue weighted by Gasteiger charge is -2.48. The van der Waals surface area contributed by atoms with E-state index in [1.807, 2.05) is 0 Å². The van der Waals surface area contributed by atoms with E-state index in [1.54, 1.807) is 25.1 Å². The first kappa shape index (κ1) is 15.9. The van der Waals surface area contributed by atoms with E-state index < -0.39 is 10.7 Å². The highest BCUT2D eigenvalue weighted by atomic mass is 16.7. The summed E-state index contributed by atoms with van der Waals surface area (Å²) in [6.45, 7) is 10.6. The van der Waals surface area contributed by atoms with Gasteiger partial charge in [0.25, 0.3) is 5.69 Å². The summed E-state index contributed by atoms with van der Waals surface area (Å²) < 4.78 is 12.1. The van der Waals surface area contributed by atoms with Crippen LogP contribution in [0.4, 0.5) is 5.69 Å². The van der Waals surface area contributed by atoms with Gasteiger partial charge in [-0.1, -0.05) is 39.8 Å². The zero-order chi connectivity index (χ0) is 15.8. The molecule has 2 unspecified atom stereocenters. The fourth-order valence-corrected chi connectivity index (χ4v) is 3.04. The molecule has 0 spiro atoms. The Kier molecular flexibility index (Phi) is 4.08. The number of nitrogens with zero attached hydrogens (tertiary/aromatic N) is 1. The Morgan fingerprint density at radius 3 is 2.48 bits per heavy atom. The van der Waals surface area contributed by atoms with Crippen molar-refractivity contribution in [3.05, 3.63) is 39.9 Å². The predicted octanol–water partition coefficient (Wildman–Crippen LogP) is 3.87. The topological polar surface area (TPSA) is 61.6 Å². The van der Waals surface area contributed by atoms with E-state index in [0.717, 1.165) is 0 Å². The maximum absolute atomic E-state index is 11.2. The molecule has 1 aromatic rings. The number of ether oxygens (including phenoxy) is 2. The van der Waals surface area contributed by atoms with E-state index in [1.165, 1.54) is 6.07 Å². The summed E-state index contributed by atoms with van der Waals surface area (Å²) in [6, 6.07) is 6.60. The van der Waals surface area contributed by atoms with Gasteiger partial charge < -0.3 is 9.47 Å². The molecule has 5 nitrogen and oxygen atoms in total. The predicted molar refractivity (Wildman–Crippen MR) is 79.9 cm³/mol. The van der Waals surface area contributed by atoms with Crippen LogP contribution < -0.4 is 0 Å². The van der Waals surface area contributed by atoms with Crippen molar-refractivity contribution in [1.82, 2.24) is 0 Å². The molecule has 0 aliphatic carbocycles. The van der Waals surface area contributed by atoms with Crippen LogP contribution in [-0.4, -0.2) is 17.6 Å². The van der Waals surface area contributed by atoms with Gasteiger partial charge in [0.15, 0.2) is 5.79 Å². The first-order chi connectivity index (χ1) is 9.67. The highest BCUT2D eigenvalue weighted by molar-refractivity contribution is 5.42. The van der Waals surface area contributed by atoms with Gasteiger partial charge in [-0.25, -0.2) is 0 Å². The Morgan fingerprint density at radius 1 is 1.29 bits per heavy atom. The molecule has 0 radical (unpaired) electrons.